The molecule has 2 aromatic carbocycles. The molecule has 0 aliphatic rings. The van der Waals surface area contributed by atoms with E-state index in [4.69, 9.17) is 16.9 Å². The molecule has 3 rings (SSSR count). The molecule has 0 aliphatic carbocycles. The third-order valence-electron chi connectivity index (χ3n) is 3.34. The Bertz CT molecular complexity index is 968. The molecule has 0 amide bonds. The Morgan fingerprint density at radius 3 is 2.64 bits per heavy atom. The number of nitrogens with zero attached hydrogens (tertiary/aromatic N) is 3. The summed E-state index contributed by atoms with van der Waals surface area (Å²) < 4.78 is 13.3. The molecule has 0 spiro atoms. The van der Waals surface area contributed by atoms with E-state index < -0.39 is 5.82 Å². The molecule has 25 heavy (non-hydrogen) atoms. The minimum Gasteiger partial charge on any atom is -0.340 e. The van der Waals surface area contributed by atoms with Gasteiger partial charge in [-0.05, 0) is 37.3 Å². The highest BCUT2D eigenvalue weighted by Gasteiger charge is 2.07. The molecule has 7 heteroatoms. The first-order valence-electron chi connectivity index (χ1n) is 7.39. The van der Waals surface area contributed by atoms with Gasteiger partial charge in [0.05, 0.1) is 16.3 Å². The molecule has 0 unspecified atom stereocenters. The molecule has 0 saturated heterocycles. The minimum absolute atomic E-state index is 0.0251. The van der Waals surface area contributed by atoms with Gasteiger partial charge in [0, 0.05) is 17.4 Å². The van der Waals surface area contributed by atoms with Crippen molar-refractivity contribution >= 4 is 34.7 Å². The Labute approximate surface area is 149 Å². The normalized spacial score (nSPS) is 10.2. The van der Waals surface area contributed by atoms with E-state index in [1.807, 2.05) is 13.0 Å². The van der Waals surface area contributed by atoms with E-state index in [0.717, 1.165) is 5.69 Å². The summed E-state index contributed by atoms with van der Waals surface area (Å²) in [5, 5.41) is 15.3. The predicted molar refractivity (Wildman–Crippen MR) is 95.9 cm³/mol. The maximum absolute atomic E-state index is 13.3. The Kier molecular flexibility index (Phi) is 4.78. The van der Waals surface area contributed by atoms with Gasteiger partial charge in [-0.15, -0.1) is 0 Å². The van der Waals surface area contributed by atoms with Crippen LogP contribution in [0.2, 0.25) is 5.02 Å². The first kappa shape index (κ1) is 16.7. The van der Waals surface area contributed by atoms with Crippen LogP contribution in [0, 0.1) is 24.1 Å². The van der Waals surface area contributed by atoms with Crippen LogP contribution in [0.3, 0.4) is 0 Å². The third kappa shape index (κ3) is 4.03. The average Bonchev–Trinajstić information content (AvgIpc) is 2.58. The molecule has 0 saturated carbocycles. The van der Waals surface area contributed by atoms with Gasteiger partial charge >= 0.3 is 0 Å². The van der Waals surface area contributed by atoms with Crippen molar-refractivity contribution in [2.45, 2.75) is 6.92 Å². The Morgan fingerprint density at radius 1 is 1.08 bits per heavy atom. The van der Waals surface area contributed by atoms with E-state index in [1.54, 1.807) is 30.3 Å². The van der Waals surface area contributed by atoms with Gasteiger partial charge in [0.2, 0.25) is 5.95 Å². The van der Waals surface area contributed by atoms with Gasteiger partial charge in [0.1, 0.15) is 17.7 Å². The highest BCUT2D eigenvalue weighted by Crippen LogP contribution is 2.24. The van der Waals surface area contributed by atoms with Gasteiger partial charge in [-0.3, -0.25) is 0 Å². The van der Waals surface area contributed by atoms with Crippen LogP contribution in [-0.4, -0.2) is 9.97 Å². The highest BCUT2D eigenvalue weighted by molar-refractivity contribution is 6.31. The van der Waals surface area contributed by atoms with Gasteiger partial charge in [0.15, 0.2) is 0 Å². The Morgan fingerprint density at radius 2 is 1.88 bits per heavy atom. The van der Waals surface area contributed by atoms with E-state index in [0.29, 0.717) is 28.7 Å². The quantitative estimate of drug-likeness (QED) is 0.695. The zero-order chi connectivity index (χ0) is 17.8. The van der Waals surface area contributed by atoms with Crippen LogP contribution in [0.25, 0.3) is 0 Å². The van der Waals surface area contributed by atoms with Crippen molar-refractivity contribution in [2.75, 3.05) is 10.6 Å². The summed E-state index contributed by atoms with van der Waals surface area (Å²) in [6.45, 7) is 1.83. The lowest BCUT2D eigenvalue weighted by molar-refractivity contribution is 0.628. The molecule has 2 N–H and O–H groups in total. The van der Waals surface area contributed by atoms with E-state index >= 15 is 0 Å². The summed E-state index contributed by atoms with van der Waals surface area (Å²) in [5.41, 5.74) is 2.44. The second-order valence-electron chi connectivity index (χ2n) is 5.25. The van der Waals surface area contributed by atoms with Crippen LogP contribution in [0.5, 0.6) is 0 Å². The van der Waals surface area contributed by atoms with Gasteiger partial charge < -0.3 is 10.6 Å². The highest BCUT2D eigenvalue weighted by atomic mass is 35.5. The van der Waals surface area contributed by atoms with Crippen LogP contribution in [0.1, 0.15) is 11.3 Å². The summed E-state index contributed by atoms with van der Waals surface area (Å²) in [7, 11) is 0. The van der Waals surface area contributed by atoms with E-state index in [-0.39, 0.29) is 5.02 Å². The summed E-state index contributed by atoms with van der Waals surface area (Å²) in [5.74, 6) is 0.382. The van der Waals surface area contributed by atoms with Gasteiger partial charge in [0.25, 0.3) is 0 Å². The molecule has 3 aromatic rings. The molecular formula is C18H13ClFN5. The number of para-hydroxylation sites is 1. The number of anilines is 4. The fourth-order valence-corrected chi connectivity index (χ4v) is 2.40. The standard InChI is InChI=1S/C18H13ClFN5/c1-11-8-17(23-13-6-7-15(20)14(19)9-13)25-18(22-11)24-16-5-3-2-4-12(16)10-21/h2-9H,1H3,(H2,22,23,24,25). The maximum Gasteiger partial charge on any atom is 0.229 e. The Balaban J connectivity index is 1.88. The van der Waals surface area contributed by atoms with Crippen molar-refractivity contribution in [3.8, 4) is 6.07 Å². The number of hydrogen-bond donors (Lipinski definition) is 2. The number of nitrogens with one attached hydrogen (secondary N) is 2. The second-order valence-corrected chi connectivity index (χ2v) is 5.66. The predicted octanol–water partition coefficient (Wildman–Crippen LogP) is 4.94. The van der Waals surface area contributed by atoms with Crippen molar-refractivity contribution in [3.63, 3.8) is 0 Å². The van der Waals surface area contributed by atoms with Crippen molar-refractivity contribution in [1.29, 1.82) is 5.26 Å². The van der Waals surface area contributed by atoms with Crippen LogP contribution >= 0.6 is 11.6 Å². The van der Waals surface area contributed by atoms with Gasteiger partial charge in [-0.25, -0.2) is 9.37 Å². The zero-order valence-corrected chi connectivity index (χ0v) is 14.0. The SMILES string of the molecule is Cc1cc(Nc2ccc(F)c(Cl)c2)nc(Nc2ccccc2C#N)n1. The lowest BCUT2D eigenvalue weighted by Gasteiger charge is -2.11. The summed E-state index contributed by atoms with van der Waals surface area (Å²) in [4.78, 5) is 8.69. The summed E-state index contributed by atoms with van der Waals surface area (Å²) in [6.07, 6.45) is 0. The number of hydrogen-bond acceptors (Lipinski definition) is 5. The molecule has 0 aliphatic heterocycles. The van der Waals surface area contributed by atoms with Gasteiger partial charge in [-0.2, -0.15) is 10.2 Å². The minimum atomic E-state index is -0.485. The van der Waals surface area contributed by atoms with Crippen LogP contribution in [0.4, 0.5) is 27.5 Å². The number of halogens is 2. The van der Waals surface area contributed by atoms with E-state index in [9.17, 15) is 4.39 Å². The molecule has 5 nitrogen and oxygen atoms in total. The number of aryl methyl sites for hydroxylation is 1. The summed E-state index contributed by atoms with van der Waals surface area (Å²) >= 11 is 5.79. The second kappa shape index (κ2) is 7.16. The zero-order valence-electron chi connectivity index (χ0n) is 13.2. The number of aromatic nitrogens is 2. The average molecular weight is 354 g/mol. The van der Waals surface area contributed by atoms with Crippen molar-refractivity contribution in [1.82, 2.24) is 9.97 Å². The van der Waals surface area contributed by atoms with E-state index in [2.05, 4.69) is 26.7 Å². The van der Waals surface area contributed by atoms with Crippen LogP contribution < -0.4 is 10.6 Å². The van der Waals surface area contributed by atoms with Crippen LogP contribution in [-0.2, 0) is 0 Å². The molecule has 1 heterocycles. The molecule has 0 radical (unpaired) electrons. The van der Waals surface area contributed by atoms with Gasteiger partial charge in [-0.1, -0.05) is 23.7 Å². The molecule has 0 atom stereocenters. The molecule has 0 fully saturated rings. The maximum atomic E-state index is 13.3. The lowest BCUT2D eigenvalue weighted by atomic mass is 10.2. The topological polar surface area (TPSA) is 73.6 Å². The lowest BCUT2D eigenvalue weighted by Crippen LogP contribution is -2.03. The molecular weight excluding hydrogens is 341 g/mol. The first-order chi connectivity index (χ1) is 12.0. The fourth-order valence-electron chi connectivity index (χ4n) is 2.22. The molecule has 124 valence electrons. The van der Waals surface area contributed by atoms with Crippen molar-refractivity contribution in [3.05, 3.63) is 70.6 Å². The molecule has 1 aromatic heterocycles. The van der Waals surface area contributed by atoms with Crippen molar-refractivity contribution < 1.29 is 4.39 Å². The van der Waals surface area contributed by atoms with E-state index in [1.165, 1.54) is 12.1 Å². The van der Waals surface area contributed by atoms with Crippen LogP contribution in [0.15, 0.2) is 48.5 Å². The number of nitriles is 1. The Hall–Kier alpha value is -3.17. The monoisotopic (exact) mass is 353 g/mol. The number of rotatable bonds is 4. The fraction of sp³-hybridized carbons (Fsp3) is 0.0556. The number of benzene rings is 2. The first-order valence-corrected chi connectivity index (χ1v) is 7.77. The summed E-state index contributed by atoms with van der Waals surface area (Å²) in [6, 6.07) is 15.3. The largest absolute Gasteiger partial charge is 0.340 e. The smallest absolute Gasteiger partial charge is 0.229 e. The molecule has 0 bridgehead atoms. The van der Waals surface area contributed by atoms with Crippen molar-refractivity contribution in [2.24, 2.45) is 0 Å². The third-order valence-corrected chi connectivity index (χ3v) is 3.63.